The zero-order valence-electron chi connectivity index (χ0n) is 11.3. The van der Waals surface area contributed by atoms with Crippen LogP contribution < -0.4 is 5.32 Å². The van der Waals surface area contributed by atoms with Crippen molar-refractivity contribution in [1.82, 2.24) is 5.32 Å². The van der Waals surface area contributed by atoms with Gasteiger partial charge in [0.2, 0.25) is 0 Å². The van der Waals surface area contributed by atoms with Gasteiger partial charge in [0.05, 0.1) is 5.56 Å². The molecule has 1 aliphatic carbocycles. The van der Waals surface area contributed by atoms with E-state index >= 15 is 0 Å². The van der Waals surface area contributed by atoms with Gasteiger partial charge in [0.15, 0.2) is 0 Å². The van der Waals surface area contributed by atoms with E-state index in [9.17, 15) is 13.2 Å². The van der Waals surface area contributed by atoms with E-state index in [1.807, 2.05) is 0 Å². The fourth-order valence-corrected chi connectivity index (χ4v) is 2.44. The fraction of sp³-hybridized carbons (Fsp3) is 0.600. The molecule has 0 bridgehead atoms. The van der Waals surface area contributed by atoms with Gasteiger partial charge in [-0.05, 0) is 49.8 Å². The molecule has 1 nitrogen and oxygen atoms in total. The summed E-state index contributed by atoms with van der Waals surface area (Å²) in [6, 6.07) is 5.53. The Kier molecular flexibility index (Phi) is 4.19. The van der Waals surface area contributed by atoms with Gasteiger partial charge in [-0.1, -0.05) is 25.1 Å². The van der Waals surface area contributed by atoms with Crippen molar-refractivity contribution in [1.29, 1.82) is 0 Å². The van der Waals surface area contributed by atoms with Crippen LogP contribution in [0.1, 0.15) is 43.9 Å². The van der Waals surface area contributed by atoms with Crippen LogP contribution in [0.5, 0.6) is 0 Å². The second-order valence-corrected chi connectivity index (χ2v) is 5.53. The van der Waals surface area contributed by atoms with Gasteiger partial charge in [-0.25, -0.2) is 0 Å². The van der Waals surface area contributed by atoms with Gasteiger partial charge in [-0.15, -0.1) is 0 Å². The van der Waals surface area contributed by atoms with Crippen LogP contribution in [0.4, 0.5) is 13.2 Å². The molecule has 0 spiro atoms. The lowest BCUT2D eigenvalue weighted by molar-refractivity contribution is -0.138. The summed E-state index contributed by atoms with van der Waals surface area (Å²) in [6.45, 7) is 4.73. The summed E-state index contributed by atoms with van der Waals surface area (Å²) in [5.41, 5.74) is -0.202. The van der Waals surface area contributed by atoms with Crippen molar-refractivity contribution in [2.75, 3.05) is 6.54 Å². The van der Waals surface area contributed by atoms with Crippen LogP contribution in [0.25, 0.3) is 0 Å². The lowest BCUT2D eigenvalue weighted by Crippen LogP contribution is -2.27. The zero-order valence-corrected chi connectivity index (χ0v) is 11.3. The molecule has 1 aromatic rings. The standard InChI is InChI=1S/C15H20F3N/c1-10(12-7-8-12)9-19-11(2)13-5-3-4-6-14(13)15(16,17)18/h3-6,10-12,19H,7-9H2,1-2H3. The Balaban J connectivity index is 2.03. The molecular weight excluding hydrogens is 251 g/mol. The van der Waals surface area contributed by atoms with Gasteiger partial charge in [0, 0.05) is 6.04 Å². The summed E-state index contributed by atoms with van der Waals surface area (Å²) in [4.78, 5) is 0. The molecule has 0 heterocycles. The Morgan fingerprint density at radius 2 is 1.84 bits per heavy atom. The van der Waals surface area contributed by atoms with E-state index in [1.54, 1.807) is 19.1 Å². The molecule has 0 aliphatic heterocycles. The lowest BCUT2D eigenvalue weighted by Gasteiger charge is -2.21. The van der Waals surface area contributed by atoms with Crippen molar-refractivity contribution in [3.8, 4) is 0 Å². The van der Waals surface area contributed by atoms with Crippen LogP contribution in [0.3, 0.4) is 0 Å². The first-order chi connectivity index (χ1) is 8.89. The van der Waals surface area contributed by atoms with Crippen molar-refractivity contribution in [2.24, 2.45) is 11.8 Å². The maximum Gasteiger partial charge on any atom is 0.416 e. The van der Waals surface area contributed by atoms with Crippen LogP contribution in [0, 0.1) is 11.8 Å². The molecule has 2 rings (SSSR count). The lowest BCUT2D eigenvalue weighted by atomic mass is 10.00. The quantitative estimate of drug-likeness (QED) is 0.836. The van der Waals surface area contributed by atoms with Crippen LogP contribution in [0.2, 0.25) is 0 Å². The largest absolute Gasteiger partial charge is 0.416 e. The molecule has 2 atom stereocenters. The second kappa shape index (κ2) is 5.53. The minimum Gasteiger partial charge on any atom is -0.310 e. The first kappa shape index (κ1) is 14.4. The predicted octanol–water partition coefficient (Wildman–Crippen LogP) is 4.40. The Labute approximate surface area is 112 Å². The summed E-state index contributed by atoms with van der Waals surface area (Å²) in [5, 5.41) is 3.23. The highest BCUT2D eigenvalue weighted by Crippen LogP contribution is 2.37. The second-order valence-electron chi connectivity index (χ2n) is 5.53. The summed E-state index contributed by atoms with van der Waals surface area (Å²) >= 11 is 0. The average molecular weight is 271 g/mol. The van der Waals surface area contributed by atoms with Crippen LogP contribution in [0.15, 0.2) is 24.3 Å². The van der Waals surface area contributed by atoms with E-state index in [-0.39, 0.29) is 6.04 Å². The average Bonchev–Trinajstić information content (AvgIpc) is 3.18. The molecule has 106 valence electrons. The predicted molar refractivity (Wildman–Crippen MR) is 69.7 cm³/mol. The highest BCUT2D eigenvalue weighted by Gasteiger charge is 2.34. The molecule has 1 fully saturated rings. The molecule has 2 unspecified atom stereocenters. The molecule has 0 radical (unpaired) electrons. The number of benzene rings is 1. The van der Waals surface area contributed by atoms with Crippen molar-refractivity contribution in [2.45, 2.75) is 38.9 Å². The minimum absolute atomic E-state index is 0.279. The van der Waals surface area contributed by atoms with E-state index in [2.05, 4.69) is 12.2 Å². The van der Waals surface area contributed by atoms with Crippen molar-refractivity contribution < 1.29 is 13.2 Å². The van der Waals surface area contributed by atoms with Gasteiger partial charge in [-0.3, -0.25) is 0 Å². The minimum atomic E-state index is -4.28. The van der Waals surface area contributed by atoms with Crippen LogP contribution in [-0.4, -0.2) is 6.54 Å². The summed E-state index contributed by atoms with van der Waals surface area (Å²) in [7, 11) is 0. The molecule has 19 heavy (non-hydrogen) atoms. The molecule has 1 aromatic carbocycles. The van der Waals surface area contributed by atoms with Gasteiger partial charge < -0.3 is 5.32 Å². The molecule has 1 N–H and O–H groups in total. The molecular formula is C15H20F3N. The molecule has 0 amide bonds. The van der Waals surface area contributed by atoms with Crippen molar-refractivity contribution >= 4 is 0 Å². The first-order valence-electron chi connectivity index (χ1n) is 6.79. The summed E-state index contributed by atoms with van der Waals surface area (Å²) in [6.07, 6.45) is -1.76. The summed E-state index contributed by atoms with van der Waals surface area (Å²) in [5.74, 6) is 1.30. The number of rotatable bonds is 5. The van der Waals surface area contributed by atoms with E-state index in [1.165, 1.54) is 18.9 Å². The zero-order chi connectivity index (χ0) is 14.0. The smallest absolute Gasteiger partial charge is 0.310 e. The molecule has 0 aromatic heterocycles. The highest BCUT2D eigenvalue weighted by molar-refractivity contribution is 5.32. The van der Waals surface area contributed by atoms with E-state index in [0.717, 1.165) is 18.5 Å². The Bertz CT molecular complexity index is 424. The first-order valence-corrected chi connectivity index (χ1v) is 6.79. The summed E-state index contributed by atoms with van der Waals surface area (Å²) < 4.78 is 38.8. The van der Waals surface area contributed by atoms with Crippen molar-refractivity contribution in [3.05, 3.63) is 35.4 Å². The molecule has 1 aliphatic rings. The third kappa shape index (κ3) is 3.72. The topological polar surface area (TPSA) is 12.0 Å². The van der Waals surface area contributed by atoms with Crippen LogP contribution in [-0.2, 0) is 6.18 Å². The van der Waals surface area contributed by atoms with Gasteiger partial charge in [0.25, 0.3) is 0 Å². The SMILES string of the molecule is CC(NCC(C)C1CC1)c1ccccc1C(F)(F)F. The van der Waals surface area contributed by atoms with E-state index < -0.39 is 11.7 Å². The van der Waals surface area contributed by atoms with E-state index in [4.69, 9.17) is 0 Å². The number of alkyl halides is 3. The third-order valence-electron chi connectivity index (χ3n) is 3.91. The highest BCUT2D eigenvalue weighted by atomic mass is 19.4. The molecule has 4 heteroatoms. The normalized spacial score (nSPS) is 19.2. The number of hydrogen-bond acceptors (Lipinski definition) is 1. The Morgan fingerprint density at radius 3 is 2.42 bits per heavy atom. The fourth-order valence-electron chi connectivity index (χ4n) is 2.44. The van der Waals surface area contributed by atoms with E-state index in [0.29, 0.717) is 11.5 Å². The van der Waals surface area contributed by atoms with Crippen molar-refractivity contribution in [3.63, 3.8) is 0 Å². The Morgan fingerprint density at radius 1 is 1.21 bits per heavy atom. The number of hydrogen-bond donors (Lipinski definition) is 1. The third-order valence-corrected chi connectivity index (χ3v) is 3.91. The molecule has 1 saturated carbocycles. The van der Waals surface area contributed by atoms with Crippen LogP contribution >= 0.6 is 0 Å². The Hall–Kier alpha value is -1.03. The number of nitrogens with one attached hydrogen (secondary N) is 1. The van der Waals surface area contributed by atoms with Gasteiger partial charge in [-0.2, -0.15) is 13.2 Å². The maximum absolute atomic E-state index is 12.9. The number of halogens is 3. The molecule has 0 saturated heterocycles. The van der Waals surface area contributed by atoms with Gasteiger partial charge >= 0.3 is 6.18 Å². The van der Waals surface area contributed by atoms with Gasteiger partial charge in [0.1, 0.15) is 0 Å². The maximum atomic E-state index is 12.9. The monoisotopic (exact) mass is 271 g/mol.